The molecule has 3 aromatic rings. The Kier molecular flexibility index (Phi) is 7.58. The highest BCUT2D eigenvalue weighted by Gasteiger charge is 2.24. The molecule has 4 rings (SSSR count). The average Bonchev–Trinajstić information content (AvgIpc) is 2.77. The van der Waals surface area contributed by atoms with Crippen LogP contribution in [0.4, 0.5) is 5.69 Å². The van der Waals surface area contributed by atoms with Gasteiger partial charge in [-0.1, -0.05) is 23.8 Å². The Morgan fingerprint density at radius 3 is 2.50 bits per heavy atom. The Labute approximate surface area is 187 Å². The van der Waals surface area contributed by atoms with Crippen LogP contribution < -0.4 is 10.5 Å². The Morgan fingerprint density at radius 2 is 1.81 bits per heavy atom. The molecule has 1 fully saturated rings. The molecule has 2 N–H and O–H groups in total. The summed E-state index contributed by atoms with van der Waals surface area (Å²) in [6.45, 7) is 6.10. The highest BCUT2D eigenvalue weighted by molar-refractivity contribution is 5.95. The third kappa shape index (κ3) is 5.50. The lowest BCUT2D eigenvalue weighted by molar-refractivity contribution is -0.191. The van der Waals surface area contributed by atoms with Crippen LogP contribution in [0.3, 0.4) is 0 Å². The predicted octanol–water partition coefficient (Wildman–Crippen LogP) is 3.78. The lowest BCUT2D eigenvalue weighted by Gasteiger charge is -2.32. The molecule has 0 radical (unpaired) electrons. The first kappa shape index (κ1) is 23.0. The molecule has 1 saturated heterocycles. The predicted molar refractivity (Wildman–Crippen MR) is 121 cm³/mol. The summed E-state index contributed by atoms with van der Waals surface area (Å²) in [5.74, 6) is 1.33. The number of nitrogens with two attached hydrogens (primary N) is 1. The van der Waals surface area contributed by atoms with Crippen molar-refractivity contribution in [2.75, 3.05) is 25.4 Å². The number of hydrogen-bond donors (Lipinski definition) is 1. The Bertz CT molecular complexity index is 1130. The SMILES string of the molecule is Cc1cccc(C(=O)N2CCC(COc3cccc4nc(C)cc(N)c34)CC2)c1.O=C=O. The van der Waals surface area contributed by atoms with E-state index in [-0.39, 0.29) is 12.1 Å². The molecule has 166 valence electrons. The molecule has 7 nitrogen and oxygen atoms in total. The zero-order valence-electron chi connectivity index (χ0n) is 18.3. The maximum Gasteiger partial charge on any atom is 0.373 e. The fraction of sp³-hybridized carbons (Fsp3) is 0.320. The lowest BCUT2D eigenvalue weighted by atomic mass is 9.97. The molecule has 0 spiro atoms. The van der Waals surface area contributed by atoms with Gasteiger partial charge in [-0.3, -0.25) is 9.78 Å². The summed E-state index contributed by atoms with van der Waals surface area (Å²) in [5.41, 5.74) is 10.6. The summed E-state index contributed by atoms with van der Waals surface area (Å²) in [6.07, 6.45) is 2.13. The molecular weight excluding hydrogens is 406 g/mol. The molecule has 1 amide bonds. The number of amides is 1. The van der Waals surface area contributed by atoms with Crippen molar-refractivity contribution >= 4 is 28.6 Å². The minimum Gasteiger partial charge on any atom is -0.493 e. The van der Waals surface area contributed by atoms with Crippen molar-refractivity contribution in [3.05, 3.63) is 65.4 Å². The van der Waals surface area contributed by atoms with Crippen molar-refractivity contribution in [2.24, 2.45) is 5.92 Å². The maximum atomic E-state index is 12.7. The van der Waals surface area contributed by atoms with Crippen molar-refractivity contribution in [2.45, 2.75) is 26.7 Å². The monoisotopic (exact) mass is 433 g/mol. The number of benzene rings is 2. The number of fused-ring (bicyclic) bond motifs is 1. The number of aromatic nitrogens is 1. The number of ether oxygens (including phenoxy) is 1. The zero-order valence-corrected chi connectivity index (χ0v) is 18.3. The summed E-state index contributed by atoms with van der Waals surface area (Å²) in [4.78, 5) is 35.5. The molecule has 1 aromatic heterocycles. The Morgan fingerprint density at radius 1 is 1.12 bits per heavy atom. The fourth-order valence-corrected chi connectivity index (χ4v) is 4.01. The van der Waals surface area contributed by atoms with Gasteiger partial charge >= 0.3 is 6.15 Å². The van der Waals surface area contributed by atoms with Crippen molar-refractivity contribution in [3.8, 4) is 5.75 Å². The van der Waals surface area contributed by atoms with E-state index in [1.54, 1.807) is 0 Å². The number of rotatable bonds is 4. The first-order chi connectivity index (χ1) is 15.4. The number of nitrogen functional groups attached to an aromatic ring is 1. The minimum absolute atomic E-state index is 0.122. The summed E-state index contributed by atoms with van der Waals surface area (Å²) < 4.78 is 6.15. The van der Waals surface area contributed by atoms with Gasteiger partial charge in [0.25, 0.3) is 5.91 Å². The number of nitrogens with zero attached hydrogens (tertiary/aromatic N) is 2. The minimum atomic E-state index is 0.122. The molecule has 2 aromatic carbocycles. The molecular formula is C25H27N3O4. The van der Waals surface area contributed by atoms with E-state index in [2.05, 4.69) is 4.98 Å². The lowest BCUT2D eigenvalue weighted by Crippen LogP contribution is -2.39. The quantitative estimate of drug-likeness (QED) is 0.672. The molecule has 0 unspecified atom stereocenters. The van der Waals surface area contributed by atoms with Gasteiger partial charge in [-0.15, -0.1) is 0 Å². The summed E-state index contributed by atoms with van der Waals surface area (Å²) in [7, 11) is 0. The van der Waals surface area contributed by atoms with E-state index in [0.29, 0.717) is 18.2 Å². The number of anilines is 1. The number of piperidine rings is 1. The first-order valence-corrected chi connectivity index (χ1v) is 10.6. The van der Waals surface area contributed by atoms with Crippen LogP contribution in [-0.4, -0.2) is 41.6 Å². The van der Waals surface area contributed by atoms with Crippen LogP contribution >= 0.6 is 0 Å². The van der Waals surface area contributed by atoms with Crippen LogP contribution in [0.15, 0.2) is 48.5 Å². The summed E-state index contributed by atoms with van der Waals surface area (Å²) in [6, 6.07) is 15.5. The molecule has 0 atom stereocenters. The van der Waals surface area contributed by atoms with Gasteiger partial charge in [0.2, 0.25) is 0 Å². The van der Waals surface area contributed by atoms with E-state index in [1.807, 2.05) is 67.3 Å². The van der Waals surface area contributed by atoms with Gasteiger partial charge in [0.15, 0.2) is 0 Å². The smallest absolute Gasteiger partial charge is 0.373 e. The molecule has 0 aliphatic carbocycles. The van der Waals surface area contributed by atoms with E-state index in [4.69, 9.17) is 20.1 Å². The van der Waals surface area contributed by atoms with E-state index in [9.17, 15) is 4.79 Å². The Hall–Kier alpha value is -3.70. The second kappa shape index (κ2) is 10.6. The largest absolute Gasteiger partial charge is 0.493 e. The van der Waals surface area contributed by atoms with Crippen LogP contribution in [0.1, 0.15) is 34.5 Å². The van der Waals surface area contributed by atoms with E-state index in [1.165, 1.54) is 0 Å². The number of aryl methyl sites for hydroxylation is 2. The molecule has 0 bridgehead atoms. The second-order valence-corrected chi connectivity index (χ2v) is 8.00. The number of carbonyl (C=O) groups is 1. The topological polar surface area (TPSA) is 103 Å². The number of pyridine rings is 1. The number of carbonyl (C=O) groups excluding carboxylic acids is 3. The highest BCUT2D eigenvalue weighted by atomic mass is 16.5. The first-order valence-electron chi connectivity index (χ1n) is 10.6. The van der Waals surface area contributed by atoms with E-state index >= 15 is 0 Å². The van der Waals surface area contributed by atoms with Crippen molar-refractivity contribution < 1.29 is 19.1 Å². The van der Waals surface area contributed by atoms with Crippen LogP contribution in [0.2, 0.25) is 0 Å². The molecule has 7 heteroatoms. The van der Waals surface area contributed by atoms with Gasteiger partial charge in [-0.25, -0.2) is 0 Å². The number of likely N-dealkylation sites (tertiary alicyclic amines) is 1. The maximum absolute atomic E-state index is 12.7. The summed E-state index contributed by atoms with van der Waals surface area (Å²) >= 11 is 0. The van der Waals surface area contributed by atoms with E-state index in [0.717, 1.165) is 59.4 Å². The Balaban J connectivity index is 0.000000913. The van der Waals surface area contributed by atoms with E-state index < -0.39 is 0 Å². The van der Waals surface area contributed by atoms with Crippen LogP contribution in [0.25, 0.3) is 10.9 Å². The normalized spacial score (nSPS) is 13.8. The second-order valence-electron chi connectivity index (χ2n) is 8.00. The van der Waals surface area contributed by atoms with Crippen molar-refractivity contribution in [3.63, 3.8) is 0 Å². The zero-order chi connectivity index (χ0) is 23.1. The van der Waals surface area contributed by atoms with Gasteiger partial charge in [0.1, 0.15) is 5.75 Å². The molecule has 0 saturated carbocycles. The third-order valence-electron chi connectivity index (χ3n) is 5.60. The molecule has 1 aliphatic heterocycles. The average molecular weight is 434 g/mol. The van der Waals surface area contributed by atoms with Crippen molar-refractivity contribution in [1.29, 1.82) is 0 Å². The van der Waals surface area contributed by atoms with Crippen LogP contribution in [0, 0.1) is 19.8 Å². The standard InChI is InChI=1S/C24H27N3O2.CO2/c1-16-5-3-6-19(13-16)24(28)27-11-9-18(10-12-27)15-29-22-8-4-7-21-23(22)20(25)14-17(2)26-21;2-1-3/h3-8,13-14,18H,9-12,15H2,1-2H3,(H2,25,26);. The fourth-order valence-electron chi connectivity index (χ4n) is 4.01. The highest BCUT2D eigenvalue weighted by Crippen LogP contribution is 2.31. The van der Waals surface area contributed by atoms with Crippen LogP contribution in [0.5, 0.6) is 5.75 Å². The molecule has 2 heterocycles. The third-order valence-corrected chi connectivity index (χ3v) is 5.60. The van der Waals surface area contributed by atoms with Gasteiger partial charge in [-0.05, 0) is 62.9 Å². The number of hydrogen-bond acceptors (Lipinski definition) is 6. The van der Waals surface area contributed by atoms with Crippen molar-refractivity contribution in [1.82, 2.24) is 9.88 Å². The van der Waals surface area contributed by atoms with Crippen LogP contribution in [-0.2, 0) is 9.59 Å². The summed E-state index contributed by atoms with van der Waals surface area (Å²) in [5, 5.41) is 0.880. The molecule has 32 heavy (non-hydrogen) atoms. The molecule has 1 aliphatic rings. The van der Waals surface area contributed by atoms with Gasteiger partial charge < -0.3 is 15.4 Å². The van der Waals surface area contributed by atoms with Gasteiger partial charge in [-0.2, -0.15) is 9.59 Å². The van der Waals surface area contributed by atoms with Gasteiger partial charge in [0, 0.05) is 30.0 Å². The van der Waals surface area contributed by atoms with Gasteiger partial charge in [0.05, 0.1) is 17.5 Å².